The van der Waals surface area contributed by atoms with Gasteiger partial charge >= 0.3 is 5.97 Å². The smallest absolute Gasteiger partial charge is 0.309 e. The maximum Gasteiger partial charge on any atom is 0.309 e. The van der Waals surface area contributed by atoms with E-state index >= 15 is 0 Å². The van der Waals surface area contributed by atoms with E-state index in [0.29, 0.717) is 13.0 Å². The fourth-order valence-corrected chi connectivity index (χ4v) is 1.93. The molecule has 3 nitrogen and oxygen atoms in total. The van der Waals surface area contributed by atoms with Crippen LogP contribution in [-0.4, -0.2) is 17.6 Å². The first-order chi connectivity index (χ1) is 6.13. The van der Waals surface area contributed by atoms with Crippen molar-refractivity contribution < 1.29 is 9.90 Å². The van der Waals surface area contributed by atoms with Crippen molar-refractivity contribution in [2.24, 2.45) is 11.1 Å². The van der Waals surface area contributed by atoms with E-state index < -0.39 is 11.4 Å². The number of hydrogen-bond acceptors (Lipinski definition) is 2. The summed E-state index contributed by atoms with van der Waals surface area (Å²) in [5.41, 5.74) is 4.89. The molecule has 13 heavy (non-hydrogen) atoms. The number of rotatable bonds is 7. The summed E-state index contributed by atoms with van der Waals surface area (Å²) in [4.78, 5) is 11.1. The molecule has 0 aromatic carbocycles. The molecule has 3 N–H and O–H groups in total. The molecule has 0 saturated carbocycles. The third-order valence-electron chi connectivity index (χ3n) is 2.53. The molecule has 0 amide bonds. The molecule has 0 spiro atoms. The van der Waals surface area contributed by atoms with Crippen LogP contribution < -0.4 is 5.73 Å². The predicted molar refractivity (Wildman–Crippen MR) is 53.6 cm³/mol. The third kappa shape index (κ3) is 3.35. The van der Waals surface area contributed by atoms with Crippen LogP contribution in [0.5, 0.6) is 0 Å². The lowest BCUT2D eigenvalue weighted by Gasteiger charge is -2.28. The van der Waals surface area contributed by atoms with Gasteiger partial charge in [-0.1, -0.05) is 26.7 Å². The van der Waals surface area contributed by atoms with Gasteiger partial charge in [0, 0.05) is 0 Å². The molecule has 0 aliphatic heterocycles. The lowest BCUT2D eigenvalue weighted by Crippen LogP contribution is -2.33. The van der Waals surface area contributed by atoms with Gasteiger partial charge in [0.15, 0.2) is 0 Å². The van der Waals surface area contributed by atoms with Gasteiger partial charge in [0.25, 0.3) is 0 Å². The molecule has 0 bridgehead atoms. The Labute approximate surface area is 80.3 Å². The third-order valence-corrected chi connectivity index (χ3v) is 2.53. The molecule has 0 radical (unpaired) electrons. The van der Waals surface area contributed by atoms with Gasteiger partial charge in [-0.3, -0.25) is 4.79 Å². The minimum absolute atomic E-state index is 0.465. The van der Waals surface area contributed by atoms with Gasteiger partial charge in [-0.2, -0.15) is 0 Å². The van der Waals surface area contributed by atoms with E-state index in [-0.39, 0.29) is 0 Å². The molecule has 0 aliphatic carbocycles. The van der Waals surface area contributed by atoms with E-state index in [1.807, 2.05) is 13.8 Å². The zero-order chi connectivity index (χ0) is 10.3. The minimum atomic E-state index is -0.679. The number of carbonyl (C=O) groups is 1. The summed E-state index contributed by atoms with van der Waals surface area (Å²) in [5.74, 6) is -0.679. The summed E-state index contributed by atoms with van der Waals surface area (Å²) >= 11 is 0. The van der Waals surface area contributed by atoms with E-state index in [1.165, 1.54) is 0 Å². The second-order valence-electron chi connectivity index (χ2n) is 3.62. The van der Waals surface area contributed by atoms with Gasteiger partial charge < -0.3 is 10.8 Å². The van der Waals surface area contributed by atoms with Crippen molar-refractivity contribution in [3.63, 3.8) is 0 Å². The molecule has 0 atom stereocenters. The molecule has 0 heterocycles. The summed E-state index contributed by atoms with van der Waals surface area (Å²) in [6.45, 7) is 4.50. The molecule has 0 aromatic rings. The van der Waals surface area contributed by atoms with Crippen LogP contribution in [0.15, 0.2) is 0 Å². The summed E-state index contributed by atoms with van der Waals surface area (Å²) in [5, 5.41) is 9.16. The van der Waals surface area contributed by atoms with E-state index in [2.05, 4.69) is 0 Å². The fourth-order valence-electron chi connectivity index (χ4n) is 1.93. The van der Waals surface area contributed by atoms with Crippen molar-refractivity contribution in [3.8, 4) is 0 Å². The molecule has 0 aliphatic rings. The van der Waals surface area contributed by atoms with Crippen LogP contribution in [0.4, 0.5) is 0 Å². The number of nitrogens with two attached hydrogens (primary N) is 1. The Bertz CT molecular complexity index is 140. The van der Waals surface area contributed by atoms with Gasteiger partial charge in [0.2, 0.25) is 0 Å². The highest BCUT2D eigenvalue weighted by molar-refractivity contribution is 5.74. The van der Waals surface area contributed by atoms with E-state index in [0.717, 1.165) is 25.7 Å². The Morgan fingerprint density at radius 2 is 1.69 bits per heavy atom. The largest absolute Gasteiger partial charge is 0.481 e. The van der Waals surface area contributed by atoms with Crippen LogP contribution in [0, 0.1) is 5.41 Å². The Balaban J connectivity index is 4.48. The predicted octanol–water partition coefficient (Wildman–Crippen LogP) is 2.01. The van der Waals surface area contributed by atoms with Gasteiger partial charge in [-0.25, -0.2) is 0 Å². The number of aliphatic carboxylic acids is 1. The Morgan fingerprint density at radius 1 is 1.23 bits per heavy atom. The lowest BCUT2D eigenvalue weighted by molar-refractivity contribution is -0.150. The molecule has 78 valence electrons. The van der Waals surface area contributed by atoms with Crippen molar-refractivity contribution in [1.29, 1.82) is 0 Å². The zero-order valence-electron chi connectivity index (χ0n) is 8.68. The van der Waals surface area contributed by atoms with Crippen LogP contribution in [0.25, 0.3) is 0 Å². The lowest BCUT2D eigenvalue weighted by atomic mass is 9.76. The van der Waals surface area contributed by atoms with E-state index in [9.17, 15) is 4.79 Å². The van der Waals surface area contributed by atoms with Crippen LogP contribution >= 0.6 is 0 Å². The summed E-state index contributed by atoms with van der Waals surface area (Å²) in [6.07, 6.45) is 3.91. The molecule has 3 heteroatoms. The molecule has 0 aromatic heterocycles. The Hall–Kier alpha value is -0.570. The first-order valence-electron chi connectivity index (χ1n) is 5.06. The first-order valence-corrected chi connectivity index (χ1v) is 5.06. The van der Waals surface area contributed by atoms with Crippen LogP contribution in [0.3, 0.4) is 0 Å². The Kier molecular flexibility index (Phi) is 5.71. The van der Waals surface area contributed by atoms with Gasteiger partial charge in [-0.15, -0.1) is 0 Å². The Morgan fingerprint density at radius 3 is 1.92 bits per heavy atom. The van der Waals surface area contributed by atoms with Crippen molar-refractivity contribution in [2.75, 3.05) is 6.54 Å². The average molecular weight is 187 g/mol. The maximum absolute atomic E-state index is 11.1. The zero-order valence-corrected chi connectivity index (χ0v) is 8.68. The summed E-state index contributed by atoms with van der Waals surface area (Å²) < 4.78 is 0. The molecule has 0 unspecified atom stereocenters. The SMILES string of the molecule is CCCC(CCC)(CCN)C(=O)O. The van der Waals surface area contributed by atoms with Crippen molar-refractivity contribution in [1.82, 2.24) is 0 Å². The highest BCUT2D eigenvalue weighted by atomic mass is 16.4. The fraction of sp³-hybridized carbons (Fsp3) is 0.900. The monoisotopic (exact) mass is 187 g/mol. The van der Waals surface area contributed by atoms with Gasteiger partial charge in [0.1, 0.15) is 0 Å². The summed E-state index contributed by atoms with van der Waals surface area (Å²) in [6, 6.07) is 0. The molecule has 0 saturated heterocycles. The number of hydrogen-bond donors (Lipinski definition) is 2. The molecule has 0 rings (SSSR count). The number of carboxylic acid groups (broad SMARTS) is 1. The van der Waals surface area contributed by atoms with Crippen LogP contribution in [0.2, 0.25) is 0 Å². The quantitative estimate of drug-likeness (QED) is 0.640. The minimum Gasteiger partial charge on any atom is -0.481 e. The first kappa shape index (κ1) is 12.4. The van der Waals surface area contributed by atoms with Crippen molar-refractivity contribution >= 4 is 5.97 Å². The topological polar surface area (TPSA) is 63.3 Å². The summed E-state index contributed by atoms with van der Waals surface area (Å²) in [7, 11) is 0. The molecular weight excluding hydrogens is 166 g/mol. The normalized spacial score (nSPS) is 11.6. The van der Waals surface area contributed by atoms with Gasteiger partial charge in [0.05, 0.1) is 5.41 Å². The van der Waals surface area contributed by atoms with Crippen LogP contribution in [-0.2, 0) is 4.79 Å². The average Bonchev–Trinajstić information content (AvgIpc) is 2.05. The highest BCUT2D eigenvalue weighted by Crippen LogP contribution is 2.33. The standard InChI is InChI=1S/C10H21NO2/c1-3-5-10(6-4-2,7-8-11)9(12)13/h3-8,11H2,1-2H3,(H,12,13). The van der Waals surface area contributed by atoms with Crippen molar-refractivity contribution in [3.05, 3.63) is 0 Å². The highest BCUT2D eigenvalue weighted by Gasteiger charge is 2.35. The van der Waals surface area contributed by atoms with E-state index in [4.69, 9.17) is 10.8 Å². The molecule has 0 fully saturated rings. The van der Waals surface area contributed by atoms with Gasteiger partial charge in [-0.05, 0) is 25.8 Å². The van der Waals surface area contributed by atoms with Crippen LogP contribution in [0.1, 0.15) is 46.0 Å². The maximum atomic E-state index is 11.1. The number of carboxylic acids is 1. The van der Waals surface area contributed by atoms with Crippen molar-refractivity contribution in [2.45, 2.75) is 46.0 Å². The molecular formula is C10H21NO2. The second-order valence-corrected chi connectivity index (χ2v) is 3.62. The van der Waals surface area contributed by atoms with E-state index in [1.54, 1.807) is 0 Å². The second kappa shape index (κ2) is 5.97.